The van der Waals surface area contributed by atoms with E-state index in [1.807, 2.05) is 12.1 Å². The van der Waals surface area contributed by atoms with Gasteiger partial charge in [-0.05, 0) is 46.0 Å². The highest BCUT2D eigenvalue weighted by atomic mass is 14.2. The molecule has 0 saturated heterocycles. The topological polar surface area (TPSA) is 0 Å². The molecule has 2 aromatic carbocycles. The van der Waals surface area contributed by atoms with Crippen LogP contribution >= 0.6 is 0 Å². The zero-order valence-electron chi connectivity index (χ0n) is 8.89. The van der Waals surface area contributed by atoms with Crippen LogP contribution in [0.3, 0.4) is 0 Å². The maximum atomic E-state index is 3.29. The van der Waals surface area contributed by atoms with Gasteiger partial charge in [-0.3, -0.25) is 0 Å². The van der Waals surface area contributed by atoms with E-state index in [9.17, 15) is 0 Å². The van der Waals surface area contributed by atoms with Crippen molar-refractivity contribution in [3.63, 3.8) is 0 Å². The zero-order chi connectivity index (χ0) is 10.2. The molecule has 14 heavy (non-hydrogen) atoms. The molecule has 0 atom stereocenters. The Balaban J connectivity index is 2.63. The number of hydrogen-bond acceptors (Lipinski definition) is 0. The van der Waals surface area contributed by atoms with Gasteiger partial charge < -0.3 is 0 Å². The molecular formula is C14H14. The number of hydrogen-bond donors (Lipinski definition) is 0. The van der Waals surface area contributed by atoms with Gasteiger partial charge in [0.2, 0.25) is 0 Å². The number of benzene rings is 2. The second-order valence-electron chi connectivity index (χ2n) is 4.64. The van der Waals surface area contributed by atoms with Gasteiger partial charge in [0.15, 0.2) is 0 Å². The van der Waals surface area contributed by atoms with Crippen LogP contribution in [-0.2, 0) is 5.41 Å². The summed E-state index contributed by atoms with van der Waals surface area (Å²) in [5.74, 6) is 0. The molecule has 0 spiro atoms. The van der Waals surface area contributed by atoms with Crippen molar-refractivity contribution in [2.24, 2.45) is 0 Å². The second-order valence-corrected chi connectivity index (χ2v) is 4.64. The average Bonchev–Trinajstić information content (AvgIpc) is 2.16. The predicted octanol–water partition coefficient (Wildman–Crippen LogP) is 3.74. The molecule has 2 rings (SSSR count). The third-order valence-electron chi connectivity index (χ3n) is 2.44. The van der Waals surface area contributed by atoms with Crippen LogP contribution in [0.1, 0.15) is 26.3 Å². The van der Waals surface area contributed by atoms with E-state index in [1.54, 1.807) is 0 Å². The van der Waals surface area contributed by atoms with Crippen molar-refractivity contribution in [1.29, 1.82) is 0 Å². The van der Waals surface area contributed by atoms with Gasteiger partial charge in [-0.2, -0.15) is 0 Å². The lowest BCUT2D eigenvalue weighted by Crippen LogP contribution is -2.10. The molecular weight excluding hydrogens is 168 g/mol. The van der Waals surface area contributed by atoms with Crippen molar-refractivity contribution in [3.8, 4) is 0 Å². The van der Waals surface area contributed by atoms with E-state index in [0.717, 1.165) is 10.8 Å². The monoisotopic (exact) mass is 182 g/mol. The molecule has 0 heteroatoms. The van der Waals surface area contributed by atoms with E-state index in [2.05, 4.69) is 51.1 Å². The maximum Gasteiger partial charge on any atom is -0.00959 e. The van der Waals surface area contributed by atoms with Gasteiger partial charge in [0.1, 0.15) is 0 Å². The Kier molecular flexibility index (Phi) is 2.07. The Morgan fingerprint density at radius 2 is 1.86 bits per heavy atom. The van der Waals surface area contributed by atoms with Crippen LogP contribution in [0.15, 0.2) is 30.3 Å². The molecule has 0 N–H and O–H groups in total. The molecule has 0 aliphatic rings. The Bertz CT molecular complexity index is 447. The van der Waals surface area contributed by atoms with E-state index in [4.69, 9.17) is 0 Å². The molecule has 0 fully saturated rings. The van der Waals surface area contributed by atoms with Crippen LogP contribution in [0.25, 0.3) is 10.8 Å². The molecule has 0 aliphatic heterocycles. The largest absolute Gasteiger partial charge is 0.0610 e. The van der Waals surface area contributed by atoms with Gasteiger partial charge in [0.05, 0.1) is 0 Å². The number of rotatable bonds is 0. The second kappa shape index (κ2) is 3.13. The van der Waals surface area contributed by atoms with Crippen molar-refractivity contribution in [2.75, 3.05) is 0 Å². The smallest absolute Gasteiger partial charge is 0.00959 e. The summed E-state index contributed by atoms with van der Waals surface area (Å²) in [6, 6.07) is 16.8. The maximum absolute atomic E-state index is 3.29. The van der Waals surface area contributed by atoms with Crippen molar-refractivity contribution < 1.29 is 0 Å². The minimum absolute atomic E-state index is 0.189. The summed E-state index contributed by atoms with van der Waals surface area (Å²) in [7, 11) is 0. The van der Waals surface area contributed by atoms with Crippen molar-refractivity contribution in [2.45, 2.75) is 26.2 Å². The lowest BCUT2D eigenvalue weighted by molar-refractivity contribution is 0.591. The molecule has 2 radical (unpaired) electrons. The van der Waals surface area contributed by atoms with Crippen molar-refractivity contribution in [3.05, 3.63) is 48.0 Å². The van der Waals surface area contributed by atoms with Crippen LogP contribution in [0.2, 0.25) is 0 Å². The first kappa shape index (κ1) is 9.26. The molecule has 0 saturated carbocycles. The fourth-order valence-electron chi connectivity index (χ4n) is 1.48. The molecule has 0 amide bonds. The Morgan fingerprint density at radius 1 is 1.07 bits per heavy atom. The van der Waals surface area contributed by atoms with Crippen LogP contribution in [-0.4, -0.2) is 0 Å². The average molecular weight is 182 g/mol. The van der Waals surface area contributed by atoms with Gasteiger partial charge in [-0.15, -0.1) is 0 Å². The molecule has 0 heterocycles. The lowest BCUT2D eigenvalue weighted by Gasteiger charge is -2.19. The molecule has 0 unspecified atom stereocenters. The van der Waals surface area contributed by atoms with E-state index in [1.165, 1.54) is 5.56 Å². The summed E-state index contributed by atoms with van der Waals surface area (Å²) >= 11 is 0. The zero-order valence-corrected chi connectivity index (χ0v) is 8.89. The Labute approximate surface area is 85.6 Å². The summed E-state index contributed by atoms with van der Waals surface area (Å²) in [6.07, 6.45) is 0. The minimum atomic E-state index is 0.189. The first-order chi connectivity index (χ1) is 6.57. The predicted molar refractivity (Wildman–Crippen MR) is 60.3 cm³/mol. The fourth-order valence-corrected chi connectivity index (χ4v) is 1.48. The van der Waals surface area contributed by atoms with Crippen LogP contribution in [0.4, 0.5) is 0 Å². The highest BCUT2D eigenvalue weighted by Crippen LogP contribution is 2.25. The van der Waals surface area contributed by atoms with E-state index in [0.29, 0.717) is 0 Å². The molecule has 0 aromatic heterocycles. The highest BCUT2D eigenvalue weighted by molar-refractivity contribution is 5.82. The van der Waals surface area contributed by atoms with Crippen LogP contribution < -0.4 is 0 Å². The van der Waals surface area contributed by atoms with Gasteiger partial charge >= 0.3 is 0 Å². The number of fused-ring (bicyclic) bond motifs is 1. The molecule has 0 nitrogen and oxygen atoms in total. The van der Waals surface area contributed by atoms with Crippen molar-refractivity contribution >= 4 is 10.8 Å². The minimum Gasteiger partial charge on any atom is -0.0610 e. The van der Waals surface area contributed by atoms with E-state index >= 15 is 0 Å². The first-order valence-corrected chi connectivity index (χ1v) is 4.90. The van der Waals surface area contributed by atoms with Gasteiger partial charge in [-0.25, -0.2) is 0 Å². The molecule has 0 aliphatic carbocycles. The molecule has 2 aromatic rings. The van der Waals surface area contributed by atoms with Gasteiger partial charge in [0.25, 0.3) is 0 Å². The first-order valence-electron chi connectivity index (χ1n) is 4.90. The van der Waals surface area contributed by atoms with Gasteiger partial charge in [-0.1, -0.05) is 39.0 Å². The fraction of sp³-hybridized carbons (Fsp3) is 0.286. The standard InChI is InChI=1S/C14H14/c1-14(2,3)13-9-8-11-6-4-5-7-12(11)10-13/h4-6,9-10H,1-3H3. The SMILES string of the molecule is CC(C)(C)c1c[c]c2ccc[c]c2c1. The van der Waals surface area contributed by atoms with Crippen molar-refractivity contribution in [1.82, 2.24) is 0 Å². The summed E-state index contributed by atoms with van der Waals surface area (Å²) < 4.78 is 0. The molecule has 70 valence electrons. The van der Waals surface area contributed by atoms with Crippen LogP contribution in [0.5, 0.6) is 0 Å². The summed E-state index contributed by atoms with van der Waals surface area (Å²) in [5.41, 5.74) is 1.50. The highest BCUT2D eigenvalue weighted by Gasteiger charge is 2.13. The summed E-state index contributed by atoms with van der Waals surface area (Å²) in [6.45, 7) is 6.64. The van der Waals surface area contributed by atoms with E-state index < -0.39 is 0 Å². The Morgan fingerprint density at radius 3 is 2.57 bits per heavy atom. The summed E-state index contributed by atoms with van der Waals surface area (Å²) in [4.78, 5) is 0. The third-order valence-corrected chi connectivity index (χ3v) is 2.44. The third kappa shape index (κ3) is 1.65. The normalized spacial score (nSPS) is 11.9. The quantitative estimate of drug-likeness (QED) is 0.582. The summed E-state index contributed by atoms with van der Waals surface area (Å²) in [5, 5.41) is 2.29. The van der Waals surface area contributed by atoms with Gasteiger partial charge in [0, 0.05) is 0 Å². The Hall–Kier alpha value is -1.30. The lowest BCUT2D eigenvalue weighted by atomic mass is 9.86. The van der Waals surface area contributed by atoms with Crippen LogP contribution in [0, 0.1) is 12.1 Å². The van der Waals surface area contributed by atoms with E-state index in [-0.39, 0.29) is 5.41 Å². The molecule has 0 bridgehead atoms.